The molecule has 5 heteroatoms. The number of nitrogens with zero attached hydrogens (tertiary/aromatic N) is 1. The fourth-order valence-electron chi connectivity index (χ4n) is 4.07. The predicted molar refractivity (Wildman–Crippen MR) is 139 cm³/mol. The van der Waals surface area contributed by atoms with Crippen LogP contribution >= 0.6 is 0 Å². The summed E-state index contributed by atoms with van der Waals surface area (Å²) in [6.07, 6.45) is 1.92. The molecule has 3 aromatic carbocycles. The summed E-state index contributed by atoms with van der Waals surface area (Å²) in [6.45, 7) is 5.57. The third-order valence-corrected chi connectivity index (χ3v) is 5.94. The van der Waals surface area contributed by atoms with Crippen molar-refractivity contribution in [3.8, 4) is 0 Å². The molecule has 0 aliphatic rings. The molecule has 0 radical (unpaired) electrons. The van der Waals surface area contributed by atoms with Gasteiger partial charge in [-0.3, -0.25) is 4.79 Å². The average Bonchev–Trinajstić information content (AvgIpc) is 2.87. The molecule has 0 aliphatic heterocycles. The lowest BCUT2D eigenvalue weighted by molar-refractivity contribution is -0.121. The molecule has 0 fully saturated rings. The number of benzene rings is 3. The number of hydrogen-bond acceptors (Lipinski definition) is 2. The Bertz CT molecular complexity index is 998. The first kappa shape index (κ1) is 25.0. The van der Waals surface area contributed by atoms with Crippen LogP contribution < -0.4 is 10.6 Å². The van der Waals surface area contributed by atoms with Crippen molar-refractivity contribution in [2.75, 3.05) is 25.0 Å². The molecular weight excluding hydrogens is 422 g/mol. The van der Waals surface area contributed by atoms with Crippen LogP contribution in [0.3, 0.4) is 0 Å². The molecule has 0 aliphatic carbocycles. The van der Waals surface area contributed by atoms with Gasteiger partial charge in [0.05, 0.1) is 0 Å². The highest BCUT2D eigenvalue weighted by molar-refractivity contribution is 5.90. The highest BCUT2D eigenvalue weighted by Gasteiger charge is 2.17. The molecule has 5 nitrogen and oxygen atoms in total. The number of hydrogen-bond donors (Lipinski definition) is 2. The van der Waals surface area contributed by atoms with Gasteiger partial charge in [0.2, 0.25) is 5.91 Å². The molecule has 3 amide bonds. The predicted octanol–water partition coefficient (Wildman–Crippen LogP) is 5.97. The Labute approximate surface area is 203 Å². The number of para-hydroxylation sites is 1. The summed E-state index contributed by atoms with van der Waals surface area (Å²) in [7, 11) is 0. The number of aryl methyl sites for hydroxylation is 1. The molecule has 0 saturated carbocycles. The third-order valence-electron chi connectivity index (χ3n) is 5.94. The van der Waals surface area contributed by atoms with Crippen molar-refractivity contribution in [1.82, 2.24) is 10.2 Å². The van der Waals surface area contributed by atoms with Gasteiger partial charge in [0.25, 0.3) is 0 Å². The standard InChI is InChI=1S/C29H35N3O2/c1-3-21-32(29(34)31-27-17-11-10-12-23(27)2)22-19-28(33)30-20-18-26(24-13-6-4-7-14-24)25-15-8-5-9-16-25/h4-17,26H,3,18-22H2,1-2H3,(H,30,33)(H,31,34). The topological polar surface area (TPSA) is 61.4 Å². The minimum absolute atomic E-state index is 0.0373. The molecule has 0 unspecified atom stereocenters. The Hall–Kier alpha value is -3.60. The van der Waals surface area contributed by atoms with E-state index in [1.807, 2.05) is 74.5 Å². The summed E-state index contributed by atoms with van der Waals surface area (Å²) in [5, 5.41) is 6.02. The summed E-state index contributed by atoms with van der Waals surface area (Å²) in [4.78, 5) is 27.1. The van der Waals surface area contributed by atoms with E-state index in [4.69, 9.17) is 0 Å². The van der Waals surface area contributed by atoms with Crippen molar-refractivity contribution in [2.45, 2.75) is 39.0 Å². The number of amides is 3. The lowest BCUT2D eigenvalue weighted by Gasteiger charge is -2.23. The summed E-state index contributed by atoms with van der Waals surface area (Å²) in [5.41, 5.74) is 4.29. The molecule has 0 atom stereocenters. The van der Waals surface area contributed by atoms with Gasteiger partial charge in [-0.1, -0.05) is 85.8 Å². The molecule has 178 valence electrons. The molecule has 0 heterocycles. The van der Waals surface area contributed by atoms with Crippen LogP contribution in [-0.4, -0.2) is 36.5 Å². The molecule has 0 saturated heterocycles. The van der Waals surface area contributed by atoms with Crippen LogP contribution in [0, 0.1) is 6.92 Å². The molecule has 0 spiro atoms. The molecule has 0 aromatic heterocycles. The van der Waals surface area contributed by atoms with E-state index in [0.29, 0.717) is 19.6 Å². The SMILES string of the molecule is CCCN(CCC(=O)NCCC(c1ccccc1)c1ccccc1)C(=O)Nc1ccccc1C. The average molecular weight is 458 g/mol. The quantitative estimate of drug-likeness (QED) is 0.373. The van der Waals surface area contributed by atoms with E-state index in [-0.39, 0.29) is 24.3 Å². The van der Waals surface area contributed by atoms with E-state index in [1.165, 1.54) is 11.1 Å². The minimum Gasteiger partial charge on any atom is -0.356 e. The van der Waals surface area contributed by atoms with Crippen LogP contribution in [0.5, 0.6) is 0 Å². The Kier molecular flexibility index (Phi) is 9.71. The molecule has 3 aromatic rings. The summed E-state index contributed by atoms with van der Waals surface area (Å²) < 4.78 is 0. The number of urea groups is 1. The third kappa shape index (κ3) is 7.48. The van der Waals surface area contributed by atoms with Gasteiger partial charge in [0.15, 0.2) is 0 Å². The second-order valence-corrected chi connectivity index (χ2v) is 8.49. The number of anilines is 1. The van der Waals surface area contributed by atoms with Gasteiger partial charge < -0.3 is 15.5 Å². The van der Waals surface area contributed by atoms with E-state index in [1.54, 1.807) is 4.90 Å². The Balaban J connectivity index is 1.51. The van der Waals surface area contributed by atoms with Crippen LogP contribution in [0.2, 0.25) is 0 Å². The maximum Gasteiger partial charge on any atom is 0.321 e. The van der Waals surface area contributed by atoms with Crippen molar-refractivity contribution in [1.29, 1.82) is 0 Å². The first-order valence-electron chi connectivity index (χ1n) is 12.1. The highest BCUT2D eigenvalue weighted by Crippen LogP contribution is 2.27. The van der Waals surface area contributed by atoms with Gasteiger partial charge in [0.1, 0.15) is 0 Å². The van der Waals surface area contributed by atoms with Crippen LogP contribution in [-0.2, 0) is 4.79 Å². The Morgan fingerprint density at radius 1 is 0.824 bits per heavy atom. The van der Waals surface area contributed by atoms with Gasteiger partial charge in [-0.05, 0) is 42.5 Å². The largest absolute Gasteiger partial charge is 0.356 e. The van der Waals surface area contributed by atoms with Crippen LogP contribution in [0.4, 0.5) is 10.5 Å². The van der Waals surface area contributed by atoms with E-state index in [9.17, 15) is 9.59 Å². The van der Waals surface area contributed by atoms with Gasteiger partial charge in [0, 0.05) is 37.7 Å². The zero-order valence-corrected chi connectivity index (χ0v) is 20.2. The second kappa shape index (κ2) is 13.2. The number of carbonyl (C=O) groups is 2. The smallest absolute Gasteiger partial charge is 0.321 e. The molecule has 0 bridgehead atoms. The van der Waals surface area contributed by atoms with E-state index in [2.05, 4.69) is 34.9 Å². The lowest BCUT2D eigenvalue weighted by Crippen LogP contribution is -2.38. The normalized spacial score (nSPS) is 10.7. The van der Waals surface area contributed by atoms with Gasteiger partial charge in [-0.25, -0.2) is 4.79 Å². The van der Waals surface area contributed by atoms with Crippen LogP contribution in [0.25, 0.3) is 0 Å². The number of rotatable bonds is 11. The fourth-order valence-corrected chi connectivity index (χ4v) is 4.07. The highest BCUT2D eigenvalue weighted by atomic mass is 16.2. The molecule has 2 N–H and O–H groups in total. The zero-order valence-electron chi connectivity index (χ0n) is 20.2. The summed E-state index contributed by atoms with van der Waals surface area (Å²) in [6, 6.07) is 28.3. The second-order valence-electron chi connectivity index (χ2n) is 8.49. The Morgan fingerprint density at radius 3 is 2.00 bits per heavy atom. The van der Waals surface area contributed by atoms with Gasteiger partial charge in [-0.2, -0.15) is 0 Å². The first-order chi connectivity index (χ1) is 16.6. The maximum absolute atomic E-state index is 12.8. The molecule has 3 rings (SSSR count). The van der Waals surface area contributed by atoms with Crippen molar-refractivity contribution >= 4 is 17.6 Å². The zero-order chi connectivity index (χ0) is 24.2. The first-order valence-corrected chi connectivity index (χ1v) is 12.1. The lowest BCUT2D eigenvalue weighted by atomic mass is 9.88. The van der Waals surface area contributed by atoms with E-state index >= 15 is 0 Å². The van der Waals surface area contributed by atoms with Gasteiger partial charge >= 0.3 is 6.03 Å². The van der Waals surface area contributed by atoms with Crippen LogP contribution in [0.1, 0.15) is 48.8 Å². The number of carbonyl (C=O) groups excluding carboxylic acids is 2. The Morgan fingerprint density at radius 2 is 1.41 bits per heavy atom. The number of nitrogens with one attached hydrogen (secondary N) is 2. The van der Waals surface area contributed by atoms with Crippen molar-refractivity contribution in [2.24, 2.45) is 0 Å². The monoisotopic (exact) mass is 457 g/mol. The van der Waals surface area contributed by atoms with E-state index in [0.717, 1.165) is 24.1 Å². The van der Waals surface area contributed by atoms with Crippen LogP contribution in [0.15, 0.2) is 84.9 Å². The van der Waals surface area contributed by atoms with Crippen molar-refractivity contribution in [3.05, 3.63) is 102 Å². The molecule has 34 heavy (non-hydrogen) atoms. The van der Waals surface area contributed by atoms with Crippen molar-refractivity contribution in [3.63, 3.8) is 0 Å². The summed E-state index contributed by atoms with van der Waals surface area (Å²) >= 11 is 0. The summed E-state index contributed by atoms with van der Waals surface area (Å²) in [5.74, 6) is 0.184. The van der Waals surface area contributed by atoms with Gasteiger partial charge in [-0.15, -0.1) is 0 Å². The molecular formula is C29H35N3O2. The minimum atomic E-state index is -0.169. The fraction of sp³-hybridized carbons (Fsp3) is 0.310. The van der Waals surface area contributed by atoms with Crippen molar-refractivity contribution < 1.29 is 9.59 Å². The maximum atomic E-state index is 12.8. The van der Waals surface area contributed by atoms with E-state index < -0.39 is 0 Å².